The van der Waals surface area contributed by atoms with Gasteiger partial charge in [0.05, 0.1) is 21.7 Å². The maximum atomic E-state index is 13.6. The first-order valence-electron chi connectivity index (χ1n) is 21.2. The molecule has 1 atom stereocenters. The summed E-state index contributed by atoms with van der Waals surface area (Å²) < 4.78 is 0. The van der Waals surface area contributed by atoms with Gasteiger partial charge in [0.15, 0.2) is 0 Å². The van der Waals surface area contributed by atoms with E-state index in [0.29, 0.717) is 33.5 Å². The van der Waals surface area contributed by atoms with Crippen molar-refractivity contribution in [2.24, 2.45) is 11.3 Å². The Labute approximate surface area is 350 Å². The number of nitriles is 1. The molecule has 5 amide bonds. The van der Waals surface area contributed by atoms with Gasteiger partial charge in [-0.1, -0.05) is 23.7 Å². The molecule has 59 heavy (non-hydrogen) atoms. The number of rotatable bonds is 7. The summed E-state index contributed by atoms with van der Waals surface area (Å²) in [5.74, 6) is -0.730. The average Bonchev–Trinajstić information content (AvgIpc) is 3.78. The minimum atomic E-state index is -0.963. The van der Waals surface area contributed by atoms with Crippen LogP contribution in [0, 0.1) is 22.7 Å². The molecule has 0 aliphatic carbocycles. The van der Waals surface area contributed by atoms with Crippen LogP contribution in [0.5, 0.6) is 0 Å². The third-order valence-electron chi connectivity index (χ3n) is 14.1. The number of nitrogens with one attached hydrogen (secondary N) is 1. The van der Waals surface area contributed by atoms with Gasteiger partial charge in [-0.15, -0.1) is 0 Å². The minimum absolute atomic E-state index is 0.0994. The standard InChI is InChI=1S/C46H50ClN7O5/c47-39-26-36(6-5-34(39)27-48)53-24-17-46(29-53)15-22-52(23-16-46)43(57)33-3-1-31(2-4-33)32-13-18-50(19-14-32)28-30-11-20-51(21-12-30)35-7-8-37-38(25-35)45(59)54(44(37)58)40-9-10-41(55)49-42(40)56/h1-8,25-26,30,32,40H,9-24,28-29H2,(H,49,55,56). The zero-order valence-electron chi connectivity index (χ0n) is 33.3. The maximum Gasteiger partial charge on any atom is 0.262 e. The maximum absolute atomic E-state index is 13.6. The van der Waals surface area contributed by atoms with Crippen molar-refractivity contribution in [1.29, 1.82) is 5.26 Å². The van der Waals surface area contributed by atoms with Gasteiger partial charge in [0.1, 0.15) is 12.1 Å². The summed E-state index contributed by atoms with van der Waals surface area (Å²) in [6.07, 6.45) is 7.62. The normalized spacial score (nSPS) is 22.9. The van der Waals surface area contributed by atoms with E-state index in [9.17, 15) is 29.2 Å². The predicted octanol–water partition coefficient (Wildman–Crippen LogP) is 5.84. The average molecular weight is 816 g/mol. The zero-order valence-corrected chi connectivity index (χ0v) is 34.1. The Balaban J connectivity index is 0.713. The van der Waals surface area contributed by atoms with Crippen LogP contribution in [0.25, 0.3) is 0 Å². The van der Waals surface area contributed by atoms with E-state index in [1.54, 1.807) is 18.2 Å². The van der Waals surface area contributed by atoms with Crippen LogP contribution >= 0.6 is 11.6 Å². The fourth-order valence-electron chi connectivity index (χ4n) is 10.5. The highest BCUT2D eigenvalue weighted by Gasteiger charge is 2.45. The lowest BCUT2D eigenvalue weighted by molar-refractivity contribution is -0.136. The number of likely N-dealkylation sites (tertiary alicyclic amines) is 2. The van der Waals surface area contributed by atoms with E-state index in [4.69, 9.17) is 11.6 Å². The first-order chi connectivity index (χ1) is 28.6. The number of amides is 5. The SMILES string of the molecule is N#Cc1ccc(N2CCC3(CCN(C(=O)c4ccc(C5CCN(CC6CCN(c7ccc8c(c7)C(=O)N(C7CCC(=O)NC7=O)C8=O)CC6)CC5)cc4)CC3)C2)cc1Cl. The van der Waals surface area contributed by atoms with Crippen molar-refractivity contribution >= 4 is 52.5 Å². The number of hydrogen-bond acceptors (Lipinski definition) is 9. The lowest BCUT2D eigenvalue weighted by atomic mass is 9.77. The van der Waals surface area contributed by atoms with Crippen molar-refractivity contribution in [1.82, 2.24) is 20.0 Å². The number of carbonyl (C=O) groups is 5. The highest BCUT2D eigenvalue weighted by Crippen LogP contribution is 2.43. The first-order valence-corrected chi connectivity index (χ1v) is 21.6. The smallest absolute Gasteiger partial charge is 0.262 e. The summed E-state index contributed by atoms with van der Waals surface area (Å²) in [7, 11) is 0. The zero-order chi connectivity index (χ0) is 40.8. The van der Waals surface area contributed by atoms with E-state index in [2.05, 4.69) is 38.2 Å². The van der Waals surface area contributed by atoms with E-state index in [0.717, 1.165) is 126 Å². The summed E-state index contributed by atoms with van der Waals surface area (Å²) in [5, 5.41) is 12.0. The van der Waals surface area contributed by atoms with E-state index in [-0.39, 0.29) is 30.1 Å². The molecule has 3 aromatic carbocycles. The van der Waals surface area contributed by atoms with Crippen LogP contribution in [0.4, 0.5) is 11.4 Å². The summed E-state index contributed by atoms with van der Waals surface area (Å²) in [6, 6.07) is 20.6. The molecule has 0 saturated carbocycles. The number of halogens is 1. The molecule has 13 heteroatoms. The number of benzene rings is 3. The third-order valence-corrected chi connectivity index (χ3v) is 14.4. The van der Waals surface area contributed by atoms with Gasteiger partial charge >= 0.3 is 0 Å². The van der Waals surface area contributed by atoms with Crippen molar-refractivity contribution < 1.29 is 24.0 Å². The third kappa shape index (κ3) is 7.71. The summed E-state index contributed by atoms with van der Waals surface area (Å²) in [6.45, 7) is 8.38. The number of fused-ring (bicyclic) bond motifs is 1. The van der Waals surface area contributed by atoms with Gasteiger partial charge in [-0.2, -0.15) is 5.26 Å². The highest BCUT2D eigenvalue weighted by molar-refractivity contribution is 6.32. The number of hydrogen-bond donors (Lipinski definition) is 1. The van der Waals surface area contributed by atoms with Crippen molar-refractivity contribution in [3.8, 4) is 6.07 Å². The first kappa shape index (κ1) is 39.2. The number of piperidine rings is 4. The second-order valence-corrected chi connectivity index (χ2v) is 18.0. The topological polar surface area (TPSA) is 137 Å². The summed E-state index contributed by atoms with van der Waals surface area (Å²) in [5.41, 5.74) is 5.39. The molecule has 0 aromatic heterocycles. The van der Waals surface area contributed by atoms with Gasteiger partial charge in [0.2, 0.25) is 11.8 Å². The van der Waals surface area contributed by atoms with Gasteiger partial charge in [-0.05, 0) is 136 Å². The summed E-state index contributed by atoms with van der Waals surface area (Å²) in [4.78, 5) is 74.4. The van der Waals surface area contributed by atoms with Crippen molar-refractivity contribution in [2.75, 3.05) is 68.7 Å². The molecule has 306 valence electrons. The fourth-order valence-corrected chi connectivity index (χ4v) is 10.7. The van der Waals surface area contributed by atoms with Gasteiger partial charge in [0.25, 0.3) is 17.7 Å². The van der Waals surface area contributed by atoms with Gasteiger partial charge in [0, 0.05) is 69.2 Å². The monoisotopic (exact) mass is 815 g/mol. The lowest BCUT2D eigenvalue weighted by Gasteiger charge is -2.39. The van der Waals surface area contributed by atoms with E-state index in [1.807, 2.05) is 35.2 Å². The lowest BCUT2D eigenvalue weighted by Crippen LogP contribution is -2.54. The van der Waals surface area contributed by atoms with Gasteiger partial charge in [-0.25, -0.2) is 0 Å². The molecule has 6 heterocycles. The molecule has 12 nitrogen and oxygen atoms in total. The molecule has 6 aliphatic rings. The fraction of sp³-hybridized carbons (Fsp3) is 0.478. The Morgan fingerprint density at radius 2 is 1.44 bits per heavy atom. The Bertz CT molecular complexity index is 2210. The van der Waals surface area contributed by atoms with Crippen molar-refractivity contribution in [2.45, 2.75) is 69.7 Å². The van der Waals surface area contributed by atoms with Crippen LogP contribution in [0.15, 0.2) is 60.7 Å². The van der Waals surface area contributed by atoms with Gasteiger partial charge < -0.3 is 19.6 Å². The molecular weight excluding hydrogens is 766 g/mol. The quantitative estimate of drug-likeness (QED) is 0.292. The van der Waals surface area contributed by atoms with Crippen LogP contribution in [0.1, 0.15) is 106 Å². The van der Waals surface area contributed by atoms with E-state index >= 15 is 0 Å². The molecule has 6 aliphatic heterocycles. The molecular formula is C46H50ClN7O5. The van der Waals surface area contributed by atoms with E-state index in [1.165, 1.54) is 5.56 Å². The molecule has 0 radical (unpaired) electrons. The predicted molar refractivity (Wildman–Crippen MR) is 223 cm³/mol. The molecule has 1 spiro atoms. The van der Waals surface area contributed by atoms with Crippen molar-refractivity contribution in [3.05, 3.63) is 93.5 Å². The second kappa shape index (κ2) is 16.1. The molecule has 9 rings (SSSR count). The summed E-state index contributed by atoms with van der Waals surface area (Å²) >= 11 is 6.32. The van der Waals surface area contributed by atoms with Crippen LogP contribution in [-0.4, -0.2) is 109 Å². The molecule has 1 N–H and O–H groups in total. The number of imide groups is 2. The molecule has 5 fully saturated rings. The molecule has 1 unspecified atom stereocenters. The highest BCUT2D eigenvalue weighted by atomic mass is 35.5. The van der Waals surface area contributed by atoms with Crippen LogP contribution in [-0.2, 0) is 9.59 Å². The van der Waals surface area contributed by atoms with E-state index < -0.39 is 23.8 Å². The second-order valence-electron chi connectivity index (χ2n) is 17.5. The Morgan fingerprint density at radius 1 is 0.763 bits per heavy atom. The van der Waals surface area contributed by atoms with Crippen LogP contribution < -0.4 is 15.1 Å². The Morgan fingerprint density at radius 3 is 2.14 bits per heavy atom. The molecule has 3 aromatic rings. The largest absolute Gasteiger partial charge is 0.371 e. The minimum Gasteiger partial charge on any atom is -0.371 e. The van der Waals surface area contributed by atoms with Crippen molar-refractivity contribution in [3.63, 3.8) is 0 Å². The number of anilines is 2. The Kier molecular flexibility index (Phi) is 10.7. The van der Waals surface area contributed by atoms with Crippen LogP contribution in [0.3, 0.4) is 0 Å². The Hall–Kier alpha value is -5.25. The van der Waals surface area contributed by atoms with Gasteiger partial charge in [-0.3, -0.25) is 34.2 Å². The number of carbonyl (C=O) groups excluding carboxylic acids is 5. The van der Waals surface area contributed by atoms with Crippen LogP contribution in [0.2, 0.25) is 5.02 Å². The molecule has 5 saturated heterocycles. The molecule has 0 bridgehead atoms. The number of nitrogens with zero attached hydrogens (tertiary/aromatic N) is 6.